The highest BCUT2D eigenvalue weighted by molar-refractivity contribution is 5.87. The molecule has 0 atom stereocenters. The lowest BCUT2D eigenvalue weighted by Crippen LogP contribution is -2.05. The van der Waals surface area contributed by atoms with Gasteiger partial charge in [0.05, 0.1) is 16.7 Å². The molecule has 0 fully saturated rings. The standard InChI is InChI=1S/C10H5N5O4/c11-3-6-1-2-12-9(8(6)15(18)19)14-5-7(4-13-14)10(16)17/h1-2,4-5H,(H,16,17). The van der Waals surface area contributed by atoms with Gasteiger partial charge in [0.1, 0.15) is 11.6 Å². The van der Waals surface area contributed by atoms with Crippen molar-refractivity contribution in [2.45, 2.75) is 0 Å². The van der Waals surface area contributed by atoms with Crippen molar-refractivity contribution in [3.63, 3.8) is 0 Å². The highest BCUT2D eigenvalue weighted by Gasteiger charge is 2.23. The average Bonchev–Trinajstić information content (AvgIpc) is 2.87. The minimum Gasteiger partial charge on any atom is -0.478 e. The van der Waals surface area contributed by atoms with Crippen LogP contribution in [0.3, 0.4) is 0 Å². The van der Waals surface area contributed by atoms with Crippen LogP contribution in [0.25, 0.3) is 5.82 Å². The van der Waals surface area contributed by atoms with E-state index in [9.17, 15) is 14.9 Å². The van der Waals surface area contributed by atoms with Crippen molar-refractivity contribution in [3.8, 4) is 11.9 Å². The number of aromatic carboxylic acids is 1. The first-order valence-corrected chi connectivity index (χ1v) is 4.86. The molecule has 2 heterocycles. The molecule has 2 aromatic rings. The number of nitrogens with zero attached hydrogens (tertiary/aromatic N) is 5. The second-order valence-corrected chi connectivity index (χ2v) is 3.38. The van der Waals surface area contributed by atoms with Crippen molar-refractivity contribution in [1.29, 1.82) is 5.26 Å². The zero-order chi connectivity index (χ0) is 14.0. The summed E-state index contributed by atoms with van der Waals surface area (Å²) in [4.78, 5) is 24.7. The monoisotopic (exact) mass is 259 g/mol. The van der Waals surface area contributed by atoms with Gasteiger partial charge in [0, 0.05) is 12.4 Å². The molecule has 2 aromatic heterocycles. The Morgan fingerprint density at radius 2 is 2.32 bits per heavy atom. The quantitative estimate of drug-likeness (QED) is 0.634. The Morgan fingerprint density at radius 3 is 2.84 bits per heavy atom. The predicted octanol–water partition coefficient (Wildman–Crippen LogP) is 0.745. The largest absolute Gasteiger partial charge is 0.478 e. The molecular weight excluding hydrogens is 254 g/mol. The summed E-state index contributed by atoms with van der Waals surface area (Å²) in [6.45, 7) is 0. The van der Waals surface area contributed by atoms with Crippen molar-refractivity contribution in [3.05, 3.63) is 45.9 Å². The molecule has 0 aliphatic rings. The van der Waals surface area contributed by atoms with Crippen LogP contribution in [0.5, 0.6) is 0 Å². The highest BCUT2D eigenvalue weighted by atomic mass is 16.6. The van der Waals surface area contributed by atoms with Crippen LogP contribution < -0.4 is 0 Å². The molecule has 0 unspecified atom stereocenters. The Kier molecular flexibility index (Phi) is 2.91. The summed E-state index contributed by atoms with van der Waals surface area (Å²) in [5.41, 5.74) is -0.842. The predicted molar refractivity (Wildman–Crippen MR) is 59.7 cm³/mol. The van der Waals surface area contributed by atoms with E-state index in [4.69, 9.17) is 10.4 Å². The third-order valence-electron chi connectivity index (χ3n) is 2.25. The lowest BCUT2D eigenvalue weighted by Gasteiger charge is -2.02. The molecule has 0 bridgehead atoms. The highest BCUT2D eigenvalue weighted by Crippen LogP contribution is 2.24. The number of nitriles is 1. The third-order valence-corrected chi connectivity index (χ3v) is 2.25. The van der Waals surface area contributed by atoms with E-state index < -0.39 is 16.6 Å². The number of hydrogen-bond donors (Lipinski definition) is 1. The minimum atomic E-state index is -1.22. The molecule has 0 spiro atoms. The Labute approximate surface area is 105 Å². The van der Waals surface area contributed by atoms with Crippen LogP contribution in [0.2, 0.25) is 0 Å². The maximum atomic E-state index is 11.0. The fourth-order valence-electron chi connectivity index (χ4n) is 1.43. The fourth-order valence-corrected chi connectivity index (χ4v) is 1.43. The molecule has 0 radical (unpaired) electrons. The summed E-state index contributed by atoms with van der Waals surface area (Å²) >= 11 is 0. The Balaban J connectivity index is 2.65. The maximum absolute atomic E-state index is 11.0. The van der Waals surface area contributed by atoms with Crippen molar-refractivity contribution in [1.82, 2.24) is 14.8 Å². The van der Waals surface area contributed by atoms with Gasteiger partial charge in [-0.3, -0.25) is 10.1 Å². The van der Waals surface area contributed by atoms with Crippen molar-refractivity contribution in [2.24, 2.45) is 0 Å². The van der Waals surface area contributed by atoms with E-state index in [1.54, 1.807) is 6.07 Å². The molecule has 9 nitrogen and oxygen atoms in total. The topological polar surface area (TPSA) is 135 Å². The van der Waals surface area contributed by atoms with Gasteiger partial charge in [0.15, 0.2) is 0 Å². The van der Waals surface area contributed by atoms with Crippen LogP contribution in [0.4, 0.5) is 5.69 Å². The van der Waals surface area contributed by atoms with Gasteiger partial charge in [0.2, 0.25) is 5.82 Å². The number of pyridine rings is 1. The van der Waals surface area contributed by atoms with E-state index in [1.165, 1.54) is 12.3 Å². The van der Waals surface area contributed by atoms with Gasteiger partial charge >= 0.3 is 11.7 Å². The molecule has 0 aliphatic heterocycles. The first-order valence-electron chi connectivity index (χ1n) is 4.86. The molecule has 0 saturated carbocycles. The number of nitro groups is 1. The summed E-state index contributed by atoms with van der Waals surface area (Å²) in [7, 11) is 0. The van der Waals surface area contributed by atoms with Crippen LogP contribution in [0.1, 0.15) is 15.9 Å². The smallest absolute Gasteiger partial charge is 0.338 e. The molecule has 0 amide bonds. The van der Waals surface area contributed by atoms with Crippen molar-refractivity contribution >= 4 is 11.7 Å². The lowest BCUT2D eigenvalue weighted by molar-refractivity contribution is -0.385. The molecule has 0 aliphatic carbocycles. The SMILES string of the molecule is N#Cc1ccnc(-n2cc(C(=O)O)cn2)c1[N+](=O)[O-]. The van der Waals surface area contributed by atoms with E-state index >= 15 is 0 Å². The average molecular weight is 259 g/mol. The zero-order valence-corrected chi connectivity index (χ0v) is 9.22. The van der Waals surface area contributed by atoms with E-state index in [2.05, 4.69) is 10.1 Å². The van der Waals surface area contributed by atoms with Gasteiger partial charge in [-0.1, -0.05) is 0 Å². The molecule has 19 heavy (non-hydrogen) atoms. The zero-order valence-electron chi connectivity index (χ0n) is 9.22. The second-order valence-electron chi connectivity index (χ2n) is 3.38. The number of hydrogen-bond acceptors (Lipinski definition) is 6. The number of aromatic nitrogens is 3. The van der Waals surface area contributed by atoms with Gasteiger partial charge in [-0.15, -0.1) is 0 Å². The van der Waals surface area contributed by atoms with E-state index in [0.29, 0.717) is 0 Å². The van der Waals surface area contributed by atoms with Gasteiger partial charge in [-0.05, 0) is 6.07 Å². The van der Waals surface area contributed by atoms with Crippen molar-refractivity contribution in [2.75, 3.05) is 0 Å². The lowest BCUT2D eigenvalue weighted by atomic mass is 10.2. The van der Waals surface area contributed by atoms with Crippen LogP contribution >= 0.6 is 0 Å². The van der Waals surface area contributed by atoms with E-state index in [0.717, 1.165) is 17.1 Å². The van der Waals surface area contributed by atoms with Crippen LogP contribution in [-0.4, -0.2) is 30.8 Å². The molecule has 1 N–H and O–H groups in total. The van der Waals surface area contributed by atoms with Crippen molar-refractivity contribution < 1.29 is 14.8 Å². The van der Waals surface area contributed by atoms with Gasteiger partial charge in [-0.2, -0.15) is 10.4 Å². The summed E-state index contributed by atoms with van der Waals surface area (Å²) in [6, 6.07) is 2.88. The summed E-state index contributed by atoms with van der Waals surface area (Å²) < 4.78 is 0.947. The minimum absolute atomic E-state index is 0.140. The van der Waals surface area contributed by atoms with Crippen LogP contribution in [0, 0.1) is 21.4 Å². The van der Waals surface area contributed by atoms with E-state index in [1.807, 2.05) is 0 Å². The number of carboxylic acid groups (broad SMARTS) is 1. The fraction of sp³-hybridized carbons (Fsp3) is 0. The Bertz CT molecular complexity index is 715. The molecule has 94 valence electrons. The van der Waals surface area contributed by atoms with E-state index in [-0.39, 0.29) is 16.9 Å². The molecular formula is C10H5N5O4. The second kappa shape index (κ2) is 4.53. The van der Waals surface area contributed by atoms with Gasteiger partial charge in [-0.25, -0.2) is 14.5 Å². The molecule has 0 aromatic carbocycles. The first kappa shape index (κ1) is 12.2. The molecule has 2 rings (SSSR count). The van der Waals surface area contributed by atoms with Crippen LogP contribution in [-0.2, 0) is 0 Å². The summed E-state index contributed by atoms with van der Waals surface area (Å²) in [5.74, 6) is -1.43. The Morgan fingerprint density at radius 1 is 1.58 bits per heavy atom. The van der Waals surface area contributed by atoms with Gasteiger partial charge < -0.3 is 5.11 Å². The molecule has 9 heteroatoms. The summed E-state index contributed by atoms with van der Waals surface area (Å²) in [5, 5.41) is 32.2. The van der Waals surface area contributed by atoms with Crippen LogP contribution in [0.15, 0.2) is 24.7 Å². The number of carboxylic acids is 1. The first-order chi connectivity index (χ1) is 9.04. The number of carbonyl (C=O) groups is 1. The summed E-state index contributed by atoms with van der Waals surface area (Å²) in [6.07, 6.45) is 3.33. The maximum Gasteiger partial charge on any atom is 0.338 e. The van der Waals surface area contributed by atoms with Gasteiger partial charge in [0.25, 0.3) is 0 Å². The number of rotatable bonds is 3. The Hall–Kier alpha value is -3.28. The normalized spacial score (nSPS) is 9.84. The third kappa shape index (κ3) is 2.09. The molecule has 0 saturated heterocycles.